The first kappa shape index (κ1) is 13.8. The summed E-state index contributed by atoms with van der Waals surface area (Å²) in [7, 11) is -1.45. The maximum absolute atomic E-state index is 12.1. The maximum Gasteiger partial charge on any atom is 0.242 e. The lowest BCUT2D eigenvalue weighted by Gasteiger charge is -2.12. The van der Waals surface area contributed by atoms with Gasteiger partial charge in [-0.3, -0.25) is 0 Å². The van der Waals surface area contributed by atoms with E-state index < -0.39 is 10.0 Å². The summed E-state index contributed by atoms with van der Waals surface area (Å²) in [5, 5.41) is 0.258. The number of nitrogens with zero attached hydrogens (tertiary/aromatic N) is 1. The van der Waals surface area contributed by atoms with Crippen LogP contribution in [0.2, 0.25) is 5.02 Å². The van der Waals surface area contributed by atoms with Crippen LogP contribution in [0.5, 0.6) is 0 Å². The third-order valence-electron chi connectivity index (χ3n) is 3.18. The van der Waals surface area contributed by atoms with E-state index in [-0.39, 0.29) is 9.92 Å². The quantitative estimate of drug-likeness (QED) is 0.915. The highest BCUT2D eigenvalue weighted by atomic mass is 35.5. The highest BCUT2D eigenvalue weighted by Crippen LogP contribution is 2.21. The highest BCUT2D eigenvalue weighted by Gasteiger charge is 2.23. The van der Waals surface area contributed by atoms with Crippen LogP contribution in [0.25, 0.3) is 0 Å². The lowest BCUT2D eigenvalue weighted by Crippen LogP contribution is -2.30. The molecule has 0 amide bonds. The van der Waals surface area contributed by atoms with Gasteiger partial charge in [-0.2, -0.15) is 0 Å². The van der Waals surface area contributed by atoms with E-state index in [1.54, 1.807) is 18.2 Å². The lowest BCUT2D eigenvalue weighted by atomic mass is 10.1. The van der Waals surface area contributed by atoms with Gasteiger partial charge in [-0.15, -0.1) is 0 Å². The Morgan fingerprint density at radius 3 is 2.78 bits per heavy atom. The van der Waals surface area contributed by atoms with E-state index >= 15 is 0 Å². The van der Waals surface area contributed by atoms with Gasteiger partial charge in [0, 0.05) is 13.1 Å². The Balaban J connectivity index is 2.02. The smallest absolute Gasteiger partial charge is 0.242 e. The molecule has 2 rings (SSSR count). The standard InChI is InChI=1S/C12H17ClN2O2S/c1-15-7-6-10(9-15)8-14-18(16,17)12-5-3-2-4-11(12)13/h2-5,10,14H,6-9H2,1H3. The van der Waals surface area contributed by atoms with Crippen molar-refractivity contribution in [2.45, 2.75) is 11.3 Å². The van der Waals surface area contributed by atoms with Gasteiger partial charge in [0.25, 0.3) is 0 Å². The third kappa shape index (κ3) is 3.23. The number of rotatable bonds is 4. The molecule has 1 fully saturated rings. The van der Waals surface area contributed by atoms with Gasteiger partial charge in [0.1, 0.15) is 4.90 Å². The van der Waals surface area contributed by atoms with Crippen LogP contribution in [-0.4, -0.2) is 40.0 Å². The second-order valence-electron chi connectivity index (χ2n) is 4.70. The molecule has 4 nitrogen and oxygen atoms in total. The number of hydrogen-bond donors (Lipinski definition) is 1. The number of likely N-dealkylation sites (tertiary alicyclic amines) is 1. The number of benzene rings is 1. The monoisotopic (exact) mass is 288 g/mol. The van der Waals surface area contributed by atoms with Crippen molar-refractivity contribution < 1.29 is 8.42 Å². The molecule has 1 unspecified atom stereocenters. The zero-order valence-electron chi connectivity index (χ0n) is 10.3. The van der Waals surface area contributed by atoms with E-state index in [2.05, 4.69) is 9.62 Å². The molecule has 6 heteroatoms. The van der Waals surface area contributed by atoms with Gasteiger partial charge in [-0.1, -0.05) is 23.7 Å². The molecule has 1 aliphatic heterocycles. The molecule has 18 heavy (non-hydrogen) atoms. The molecule has 0 spiro atoms. The first-order valence-corrected chi connectivity index (χ1v) is 7.78. The van der Waals surface area contributed by atoms with Gasteiger partial charge >= 0.3 is 0 Å². The van der Waals surface area contributed by atoms with E-state index in [0.29, 0.717) is 12.5 Å². The summed E-state index contributed by atoms with van der Waals surface area (Å²) in [5.41, 5.74) is 0. The summed E-state index contributed by atoms with van der Waals surface area (Å²) in [6.45, 7) is 2.43. The van der Waals surface area contributed by atoms with Crippen molar-refractivity contribution in [3.05, 3.63) is 29.3 Å². The minimum absolute atomic E-state index is 0.151. The predicted molar refractivity (Wildman–Crippen MR) is 72.2 cm³/mol. The summed E-state index contributed by atoms with van der Waals surface area (Å²) in [4.78, 5) is 2.35. The summed E-state index contributed by atoms with van der Waals surface area (Å²) < 4.78 is 26.8. The predicted octanol–water partition coefficient (Wildman–Crippen LogP) is 1.57. The second-order valence-corrected chi connectivity index (χ2v) is 6.84. The van der Waals surface area contributed by atoms with Crippen LogP contribution in [0.3, 0.4) is 0 Å². The molecule has 1 aromatic rings. The third-order valence-corrected chi connectivity index (χ3v) is 5.10. The minimum Gasteiger partial charge on any atom is -0.306 e. The molecular formula is C12H17ClN2O2S. The number of sulfonamides is 1. The zero-order chi connectivity index (χ0) is 13.2. The van der Waals surface area contributed by atoms with Crippen molar-refractivity contribution in [3.63, 3.8) is 0 Å². The zero-order valence-corrected chi connectivity index (χ0v) is 11.8. The molecule has 0 aliphatic carbocycles. The van der Waals surface area contributed by atoms with Gasteiger partial charge in [0.05, 0.1) is 5.02 Å². The van der Waals surface area contributed by atoms with E-state index in [1.165, 1.54) is 6.07 Å². The molecule has 0 bridgehead atoms. The van der Waals surface area contributed by atoms with Crippen molar-refractivity contribution in [2.75, 3.05) is 26.7 Å². The van der Waals surface area contributed by atoms with E-state index in [0.717, 1.165) is 19.5 Å². The van der Waals surface area contributed by atoms with Crippen molar-refractivity contribution >= 4 is 21.6 Å². The topological polar surface area (TPSA) is 49.4 Å². The van der Waals surface area contributed by atoms with Crippen molar-refractivity contribution in [2.24, 2.45) is 5.92 Å². The van der Waals surface area contributed by atoms with Gasteiger partial charge in [0.2, 0.25) is 10.0 Å². The van der Waals surface area contributed by atoms with Crippen molar-refractivity contribution in [3.8, 4) is 0 Å². The molecule has 1 heterocycles. The lowest BCUT2D eigenvalue weighted by molar-refractivity contribution is 0.394. The van der Waals surface area contributed by atoms with Crippen LogP contribution < -0.4 is 4.72 Å². The van der Waals surface area contributed by atoms with Crippen molar-refractivity contribution in [1.82, 2.24) is 9.62 Å². The first-order valence-electron chi connectivity index (χ1n) is 5.92. The normalized spacial score (nSPS) is 21.3. The molecule has 1 atom stereocenters. The fraction of sp³-hybridized carbons (Fsp3) is 0.500. The van der Waals surface area contributed by atoms with Crippen LogP contribution in [0.4, 0.5) is 0 Å². The molecule has 100 valence electrons. The van der Waals surface area contributed by atoms with Gasteiger partial charge in [-0.05, 0) is 38.1 Å². The highest BCUT2D eigenvalue weighted by molar-refractivity contribution is 7.89. The summed E-state index contributed by atoms with van der Waals surface area (Å²) in [6.07, 6.45) is 1.03. The molecule has 0 saturated carbocycles. The average molecular weight is 289 g/mol. The SMILES string of the molecule is CN1CCC(CNS(=O)(=O)c2ccccc2Cl)C1. The molecular weight excluding hydrogens is 272 g/mol. The molecule has 1 saturated heterocycles. The van der Waals surface area contributed by atoms with E-state index in [9.17, 15) is 8.42 Å². The summed E-state index contributed by atoms with van der Waals surface area (Å²) in [6, 6.07) is 6.49. The Morgan fingerprint density at radius 2 is 2.17 bits per heavy atom. The second kappa shape index (κ2) is 5.57. The van der Waals surface area contributed by atoms with Gasteiger partial charge in [0.15, 0.2) is 0 Å². The maximum atomic E-state index is 12.1. The Labute approximate surface area is 113 Å². The van der Waals surface area contributed by atoms with E-state index in [4.69, 9.17) is 11.6 Å². The molecule has 1 N–H and O–H groups in total. The van der Waals surface area contributed by atoms with Crippen LogP contribution in [-0.2, 0) is 10.0 Å². The summed E-state index contributed by atoms with van der Waals surface area (Å²) >= 11 is 5.90. The molecule has 1 aliphatic rings. The molecule has 0 aromatic heterocycles. The number of halogens is 1. The molecule has 0 radical (unpaired) electrons. The Hall–Kier alpha value is -0.620. The Bertz CT molecular complexity index is 519. The Morgan fingerprint density at radius 1 is 1.44 bits per heavy atom. The fourth-order valence-electron chi connectivity index (χ4n) is 2.16. The van der Waals surface area contributed by atoms with Crippen LogP contribution in [0.15, 0.2) is 29.2 Å². The first-order chi connectivity index (χ1) is 8.49. The van der Waals surface area contributed by atoms with Gasteiger partial charge in [-0.25, -0.2) is 13.1 Å². The number of nitrogens with one attached hydrogen (secondary N) is 1. The largest absolute Gasteiger partial charge is 0.306 e. The van der Waals surface area contributed by atoms with Crippen molar-refractivity contribution in [1.29, 1.82) is 0 Å². The van der Waals surface area contributed by atoms with Gasteiger partial charge < -0.3 is 4.90 Å². The van der Waals surface area contributed by atoms with Crippen LogP contribution in [0.1, 0.15) is 6.42 Å². The van der Waals surface area contributed by atoms with E-state index in [1.807, 2.05) is 7.05 Å². The summed E-state index contributed by atoms with van der Waals surface area (Å²) in [5.74, 6) is 0.382. The fourth-order valence-corrected chi connectivity index (χ4v) is 3.79. The average Bonchev–Trinajstić information content (AvgIpc) is 2.73. The molecule has 1 aromatic carbocycles. The Kier molecular flexibility index (Phi) is 4.27. The minimum atomic E-state index is -3.50. The van der Waals surface area contributed by atoms with Crippen LogP contribution in [0, 0.1) is 5.92 Å². The number of hydrogen-bond acceptors (Lipinski definition) is 3. The van der Waals surface area contributed by atoms with Crippen LogP contribution >= 0.6 is 11.6 Å².